The number of rotatable bonds is 3. The molecular formula is C35H77N2O+. The average Bonchev–Trinajstić information content (AvgIpc) is 2.87. The van der Waals surface area contributed by atoms with Crippen molar-refractivity contribution in [2.24, 2.45) is 0 Å². The standard InChI is InChI=1S/C16H27N2O.C6H12.2C3H8.3C2H6.CH4/c1-15(2,3)18(16(4,5)6)12-13-8-10-14(11-9-13)17(7)19;1-2-4-6-5-3-1;2*1-3-2;3*1-2;/h8-11,19H,7,12H2,1-6H3;1-6H2;2*3H2,1-2H3;3*1-2H3;1H4/q+1;;;;;;;. The molecule has 1 aliphatic rings. The van der Waals surface area contributed by atoms with Gasteiger partial charge in [-0.1, -0.05) is 140 Å². The van der Waals surface area contributed by atoms with Crippen molar-refractivity contribution in [2.45, 2.75) is 187 Å². The quantitative estimate of drug-likeness (QED) is 0.178. The third kappa shape index (κ3) is 32.7. The van der Waals surface area contributed by atoms with Crippen LogP contribution >= 0.6 is 0 Å². The van der Waals surface area contributed by atoms with E-state index in [1.54, 1.807) is 0 Å². The Labute approximate surface area is 244 Å². The minimum absolute atomic E-state index is 0. The SMILES string of the molecule is C.C1CCCCC1.C=[N+](O)c1ccc(CN(C(C)(C)C)C(C)(C)C)cc1.CC.CC.CC.CCC.CCC. The summed E-state index contributed by atoms with van der Waals surface area (Å²) in [6.07, 6.45) is 11.5. The molecule has 0 radical (unpaired) electrons. The second kappa shape index (κ2) is 33.7. The summed E-state index contributed by atoms with van der Waals surface area (Å²) in [6.45, 7) is 38.2. The molecule has 38 heavy (non-hydrogen) atoms. The lowest BCUT2D eigenvalue weighted by Crippen LogP contribution is -2.51. The predicted molar refractivity (Wildman–Crippen MR) is 181 cm³/mol. The summed E-state index contributed by atoms with van der Waals surface area (Å²) in [5.74, 6) is 0. The number of hydrogen-bond donors (Lipinski definition) is 1. The average molecular weight is 542 g/mol. The first-order valence-electron chi connectivity index (χ1n) is 15.5. The number of hydrogen-bond acceptors (Lipinski definition) is 2. The van der Waals surface area contributed by atoms with Crippen molar-refractivity contribution in [3.05, 3.63) is 29.8 Å². The molecule has 0 amide bonds. The Morgan fingerprint density at radius 2 is 0.895 bits per heavy atom. The highest BCUT2D eigenvalue weighted by Gasteiger charge is 2.31. The van der Waals surface area contributed by atoms with E-state index in [2.05, 4.69) is 80.9 Å². The van der Waals surface area contributed by atoms with Gasteiger partial charge in [-0.15, -0.1) is 0 Å². The number of nitrogens with zero attached hydrogens (tertiary/aromatic N) is 2. The molecule has 0 bridgehead atoms. The minimum Gasteiger partial charge on any atom is -0.289 e. The molecule has 3 heteroatoms. The van der Waals surface area contributed by atoms with E-state index in [-0.39, 0.29) is 18.5 Å². The van der Waals surface area contributed by atoms with Crippen LogP contribution in [0.3, 0.4) is 0 Å². The Hall–Kier alpha value is -1.35. The monoisotopic (exact) mass is 542 g/mol. The summed E-state index contributed by atoms with van der Waals surface area (Å²) in [6, 6.07) is 7.83. The van der Waals surface area contributed by atoms with Crippen LogP contribution in [0.1, 0.15) is 175 Å². The molecule has 1 saturated carbocycles. The topological polar surface area (TPSA) is 26.5 Å². The second-order valence-electron chi connectivity index (χ2n) is 10.5. The lowest BCUT2D eigenvalue weighted by Gasteiger charge is -2.45. The summed E-state index contributed by atoms with van der Waals surface area (Å²) in [4.78, 5) is 2.47. The van der Waals surface area contributed by atoms with Gasteiger partial charge in [0.15, 0.2) is 6.72 Å². The molecule has 0 spiro atoms. The molecule has 3 nitrogen and oxygen atoms in total. The Kier molecular flexibility index (Phi) is 43.9. The molecule has 0 aliphatic heterocycles. The maximum Gasteiger partial charge on any atom is 0.256 e. The van der Waals surface area contributed by atoms with Crippen LogP contribution in [-0.4, -0.2) is 32.6 Å². The Bertz CT molecular complexity index is 519. The Balaban J connectivity index is -0.000000111. The van der Waals surface area contributed by atoms with E-state index < -0.39 is 0 Å². The molecule has 0 heterocycles. The van der Waals surface area contributed by atoms with Gasteiger partial charge < -0.3 is 0 Å². The molecule has 1 aromatic rings. The van der Waals surface area contributed by atoms with Gasteiger partial charge in [0.1, 0.15) is 0 Å². The summed E-state index contributed by atoms with van der Waals surface area (Å²) in [5.41, 5.74) is 2.13. The molecular weight excluding hydrogens is 464 g/mol. The van der Waals surface area contributed by atoms with Crippen molar-refractivity contribution in [3.8, 4) is 0 Å². The fraction of sp³-hybridized carbons (Fsp3) is 0.800. The largest absolute Gasteiger partial charge is 0.289 e. The first kappa shape index (κ1) is 49.6. The normalized spacial score (nSPS) is 11.6. The van der Waals surface area contributed by atoms with Crippen molar-refractivity contribution in [1.29, 1.82) is 0 Å². The van der Waals surface area contributed by atoms with Gasteiger partial charge in [0.05, 0.1) is 0 Å². The lowest BCUT2D eigenvalue weighted by molar-refractivity contribution is -0.706. The minimum atomic E-state index is 0. The van der Waals surface area contributed by atoms with Crippen LogP contribution in [0.5, 0.6) is 0 Å². The lowest BCUT2D eigenvalue weighted by atomic mass is 9.95. The fourth-order valence-electron chi connectivity index (χ4n) is 3.50. The van der Waals surface area contributed by atoms with Gasteiger partial charge in [-0.2, -0.15) is 0 Å². The van der Waals surface area contributed by atoms with Crippen LogP contribution in [0.25, 0.3) is 0 Å². The summed E-state index contributed by atoms with van der Waals surface area (Å²) in [5, 5.41) is 9.27. The molecule has 1 aliphatic carbocycles. The first-order chi connectivity index (χ1) is 17.3. The predicted octanol–water partition coefficient (Wildman–Crippen LogP) is 12.7. The van der Waals surface area contributed by atoms with Gasteiger partial charge in [0.25, 0.3) is 5.69 Å². The zero-order chi connectivity index (χ0) is 30.5. The van der Waals surface area contributed by atoms with E-state index in [9.17, 15) is 5.21 Å². The van der Waals surface area contributed by atoms with Crippen LogP contribution in [0.15, 0.2) is 24.3 Å². The summed E-state index contributed by atoms with van der Waals surface area (Å²) < 4.78 is 0.884. The van der Waals surface area contributed by atoms with E-state index >= 15 is 0 Å². The maximum atomic E-state index is 9.27. The van der Waals surface area contributed by atoms with Crippen LogP contribution in [0.4, 0.5) is 5.69 Å². The molecule has 0 aromatic heterocycles. The van der Waals surface area contributed by atoms with E-state index in [1.165, 1.54) is 56.9 Å². The highest BCUT2D eigenvalue weighted by molar-refractivity contribution is 5.35. The zero-order valence-electron chi connectivity index (χ0n) is 28.7. The van der Waals surface area contributed by atoms with Gasteiger partial charge in [0.2, 0.25) is 0 Å². The maximum absolute atomic E-state index is 9.27. The third-order valence-electron chi connectivity index (χ3n) is 4.69. The molecule has 232 valence electrons. The second-order valence-corrected chi connectivity index (χ2v) is 10.5. The van der Waals surface area contributed by atoms with Crippen molar-refractivity contribution in [1.82, 2.24) is 4.90 Å². The van der Waals surface area contributed by atoms with Gasteiger partial charge >= 0.3 is 0 Å². The van der Waals surface area contributed by atoms with Crippen LogP contribution in [0, 0.1) is 0 Å². The van der Waals surface area contributed by atoms with Crippen molar-refractivity contribution < 1.29 is 9.95 Å². The van der Waals surface area contributed by atoms with Crippen LogP contribution in [0.2, 0.25) is 0 Å². The molecule has 1 N–H and O–H groups in total. The molecule has 0 saturated heterocycles. The molecule has 1 fully saturated rings. The van der Waals surface area contributed by atoms with E-state index in [4.69, 9.17) is 0 Å². The Morgan fingerprint density at radius 1 is 0.658 bits per heavy atom. The summed E-state index contributed by atoms with van der Waals surface area (Å²) in [7, 11) is 0. The highest BCUT2D eigenvalue weighted by atomic mass is 16.5. The van der Waals surface area contributed by atoms with Crippen molar-refractivity contribution in [3.63, 3.8) is 0 Å². The first-order valence-corrected chi connectivity index (χ1v) is 15.5. The van der Waals surface area contributed by atoms with Crippen LogP contribution in [-0.2, 0) is 6.54 Å². The van der Waals surface area contributed by atoms with E-state index in [0.29, 0.717) is 5.69 Å². The van der Waals surface area contributed by atoms with Gasteiger partial charge in [-0.05, 0) is 47.1 Å². The highest BCUT2D eigenvalue weighted by Crippen LogP contribution is 2.27. The fourth-order valence-corrected chi connectivity index (χ4v) is 3.50. The van der Waals surface area contributed by atoms with Crippen LogP contribution < -0.4 is 0 Å². The third-order valence-corrected chi connectivity index (χ3v) is 4.69. The Morgan fingerprint density at radius 3 is 1.08 bits per heavy atom. The molecule has 0 atom stereocenters. The summed E-state index contributed by atoms with van der Waals surface area (Å²) >= 11 is 0. The smallest absolute Gasteiger partial charge is 0.256 e. The number of benzene rings is 1. The zero-order valence-corrected chi connectivity index (χ0v) is 28.7. The van der Waals surface area contributed by atoms with Gasteiger partial charge in [0, 0.05) is 34.5 Å². The van der Waals surface area contributed by atoms with E-state index in [1.807, 2.05) is 65.8 Å². The van der Waals surface area contributed by atoms with Gasteiger partial charge in [-0.3, -0.25) is 10.1 Å². The van der Waals surface area contributed by atoms with E-state index in [0.717, 1.165) is 11.3 Å². The van der Waals surface area contributed by atoms with Crippen molar-refractivity contribution >= 4 is 12.4 Å². The molecule has 2 rings (SSSR count). The van der Waals surface area contributed by atoms with Gasteiger partial charge in [-0.25, -0.2) is 0 Å². The van der Waals surface area contributed by atoms with Crippen molar-refractivity contribution in [2.75, 3.05) is 0 Å². The molecule has 0 unspecified atom stereocenters. The molecule has 1 aromatic carbocycles.